The number of aromatic nitrogens is 4. The van der Waals surface area contributed by atoms with Crippen LogP contribution in [0.2, 0.25) is 0 Å². The van der Waals surface area contributed by atoms with Gasteiger partial charge in [0.1, 0.15) is 22.9 Å². The Kier molecular flexibility index (Phi) is 10.7. The van der Waals surface area contributed by atoms with E-state index in [9.17, 15) is 20.4 Å². The fourth-order valence-corrected chi connectivity index (χ4v) is 5.82. The molecule has 1 radical (unpaired) electrons. The molecule has 0 aliphatic heterocycles. The molecule has 0 saturated heterocycles. The molecular formula is C42H34CoN6O4. The molecule has 0 saturated carbocycles. The van der Waals surface area contributed by atoms with E-state index >= 15 is 0 Å². The van der Waals surface area contributed by atoms with Gasteiger partial charge in [-0.2, -0.15) is 10.2 Å². The third-order valence-corrected chi connectivity index (χ3v) is 8.59. The summed E-state index contributed by atoms with van der Waals surface area (Å²) >= 11 is 0. The first kappa shape index (κ1) is 36.1. The summed E-state index contributed by atoms with van der Waals surface area (Å²) in [5, 5.41) is 54.1. The zero-order valence-corrected chi connectivity index (χ0v) is 29.7. The molecule has 265 valence electrons. The predicted molar refractivity (Wildman–Crippen MR) is 206 cm³/mol. The average Bonchev–Trinajstić information content (AvgIpc) is 3.63. The van der Waals surface area contributed by atoms with Crippen molar-refractivity contribution in [3.63, 3.8) is 0 Å². The average molecular weight is 746 g/mol. The van der Waals surface area contributed by atoms with E-state index in [2.05, 4.69) is 20.2 Å². The Bertz CT molecular complexity index is 2420. The SMILES string of the molecule is Cc1nn(-c2ccccc2)c(O)c1C=Nc1ccc2ccccc2c1O.Cc1nn(-c2ccccc2)c(O)c1C=Nc1ccc2ccccc2c1O.[Co]. The molecule has 4 N–H and O–H groups in total. The Labute approximate surface area is 315 Å². The van der Waals surface area contributed by atoms with Crippen LogP contribution in [0.25, 0.3) is 32.9 Å². The predicted octanol–water partition coefficient (Wildman–Crippen LogP) is 8.99. The van der Waals surface area contributed by atoms with Crippen molar-refractivity contribution in [2.24, 2.45) is 9.98 Å². The largest absolute Gasteiger partial charge is 0.505 e. The summed E-state index contributed by atoms with van der Waals surface area (Å²) in [7, 11) is 0. The molecule has 0 amide bonds. The van der Waals surface area contributed by atoms with Crippen molar-refractivity contribution >= 4 is 45.3 Å². The van der Waals surface area contributed by atoms with Crippen molar-refractivity contribution in [3.05, 3.63) is 156 Å². The van der Waals surface area contributed by atoms with Crippen LogP contribution in [-0.2, 0) is 16.8 Å². The van der Waals surface area contributed by atoms with Crippen LogP contribution in [-0.4, -0.2) is 52.4 Å². The molecular weight excluding hydrogens is 711 g/mol. The quantitative estimate of drug-likeness (QED) is 0.125. The van der Waals surface area contributed by atoms with Gasteiger partial charge in [0, 0.05) is 40.0 Å². The first-order chi connectivity index (χ1) is 25.3. The monoisotopic (exact) mass is 745 g/mol. The molecule has 0 aliphatic carbocycles. The van der Waals surface area contributed by atoms with Gasteiger partial charge in [-0.3, -0.25) is 9.98 Å². The first-order valence-electron chi connectivity index (χ1n) is 16.5. The summed E-state index contributed by atoms with van der Waals surface area (Å²) in [6.45, 7) is 3.61. The van der Waals surface area contributed by atoms with Crippen LogP contribution < -0.4 is 0 Å². The van der Waals surface area contributed by atoms with E-state index in [4.69, 9.17) is 0 Å². The van der Waals surface area contributed by atoms with Gasteiger partial charge in [0.05, 0.1) is 33.9 Å². The van der Waals surface area contributed by atoms with Crippen molar-refractivity contribution < 1.29 is 37.2 Å². The third kappa shape index (κ3) is 7.38. The number of phenolic OH excluding ortho intramolecular Hbond substituents is 2. The van der Waals surface area contributed by atoms with Crippen LogP contribution >= 0.6 is 0 Å². The Morgan fingerprint density at radius 1 is 0.472 bits per heavy atom. The Morgan fingerprint density at radius 3 is 1.23 bits per heavy atom. The molecule has 0 spiro atoms. The van der Waals surface area contributed by atoms with Gasteiger partial charge < -0.3 is 20.4 Å². The molecule has 53 heavy (non-hydrogen) atoms. The minimum Gasteiger partial charge on any atom is -0.505 e. The summed E-state index contributed by atoms with van der Waals surface area (Å²) in [5.74, 6) is 0.259. The van der Waals surface area contributed by atoms with Gasteiger partial charge in [-0.05, 0) is 61.0 Å². The van der Waals surface area contributed by atoms with Gasteiger partial charge in [-0.25, -0.2) is 9.36 Å². The van der Waals surface area contributed by atoms with Gasteiger partial charge in [-0.15, -0.1) is 0 Å². The number of phenols is 2. The summed E-state index contributed by atoms with van der Waals surface area (Å²) < 4.78 is 2.94. The van der Waals surface area contributed by atoms with E-state index in [0.717, 1.165) is 32.9 Å². The smallest absolute Gasteiger partial charge is 0.223 e. The van der Waals surface area contributed by atoms with Crippen LogP contribution in [0.1, 0.15) is 22.5 Å². The number of aryl methyl sites for hydroxylation is 2. The molecule has 6 aromatic carbocycles. The second kappa shape index (κ2) is 15.7. The maximum atomic E-state index is 10.5. The van der Waals surface area contributed by atoms with Crippen molar-refractivity contribution in [2.75, 3.05) is 0 Å². The summed E-state index contributed by atoms with van der Waals surface area (Å²) in [6, 6.07) is 41.2. The molecule has 8 rings (SSSR count). The minimum absolute atomic E-state index is 0. The summed E-state index contributed by atoms with van der Waals surface area (Å²) in [6.07, 6.45) is 3.06. The number of fused-ring (bicyclic) bond motifs is 2. The second-order valence-electron chi connectivity index (χ2n) is 12.0. The maximum absolute atomic E-state index is 10.5. The van der Waals surface area contributed by atoms with E-state index < -0.39 is 0 Å². The van der Waals surface area contributed by atoms with E-state index in [1.165, 1.54) is 21.8 Å². The molecule has 0 bridgehead atoms. The van der Waals surface area contributed by atoms with E-state index in [0.29, 0.717) is 33.9 Å². The molecule has 0 unspecified atom stereocenters. The molecule has 2 aromatic heterocycles. The Morgan fingerprint density at radius 2 is 0.830 bits per heavy atom. The normalized spacial score (nSPS) is 11.2. The summed E-state index contributed by atoms with van der Waals surface area (Å²) in [5.41, 5.74) is 4.74. The Hall–Kier alpha value is -6.69. The standard InChI is InChI=1S/2C21H17N3O2.Co/c2*1-14-18(21(26)24(23-14)16-8-3-2-4-9-16)13-22-19-12-11-15-7-5-6-10-17(15)20(19)25;/h2*2-13,25-26H,1H3;. The fourth-order valence-electron chi connectivity index (χ4n) is 5.82. The number of hydrogen-bond acceptors (Lipinski definition) is 8. The summed E-state index contributed by atoms with van der Waals surface area (Å²) in [4.78, 5) is 8.73. The van der Waals surface area contributed by atoms with E-state index in [1.807, 2.05) is 121 Å². The van der Waals surface area contributed by atoms with Gasteiger partial charge in [-0.1, -0.05) is 97.1 Å². The van der Waals surface area contributed by atoms with E-state index in [-0.39, 0.29) is 40.0 Å². The third-order valence-electron chi connectivity index (χ3n) is 8.59. The molecule has 2 heterocycles. The number of aromatic hydroxyl groups is 4. The van der Waals surface area contributed by atoms with Crippen LogP contribution in [0.3, 0.4) is 0 Å². The zero-order valence-electron chi connectivity index (χ0n) is 28.7. The van der Waals surface area contributed by atoms with Gasteiger partial charge in [0.25, 0.3) is 0 Å². The van der Waals surface area contributed by atoms with Crippen LogP contribution in [0, 0.1) is 13.8 Å². The van der Waals surface area contributed by atoms with Crippen LogP contribution in [0.5, 0.6) is 23.3 Å². The zero-order chi connectivity index (χ0) is 36.2. The molecule has 0 atom stereocenters. The molecule has 11 heteroatoms. The number of hydrogen-bond donors (Lipinski definition) is 4. The van der Waals surface area contributed by atoms with Crippen molar-refractivity contribution in [2.45, 2.75) is 13.8 Å². The number of benzene rings is 6. The van der Waals surface area contributed by atoms with E-state index in [1.54, 1.807) is 26.0 Å². The number of nitrogens with zero attached hydrogens (tertiary/aromatic N) is 6. The van der Waals surface area contributed by atoms with Crippen LogP contribution in [0.15, 0.2) is 143 Å². The van der Waals surface area contributed by atoms with Crippen molar-refractivity contribution in [3.8, 4) is 34.6 Å². The number of rotatable bonds is 6. The molecule has 0 aliphatic rings. The van der Waals surface area contributed by atoms with Crippen molar-refractivity contribution in [1.82, 2.24) is 19.6 Å². The topological polar surface area (TPSA) is 141 Å². The molecule has 8 aromatic rings. The Balaban J connectivity index is 0.000000178. The van der Waals surface area contributed by atoms with Crippen molar-refractivity contribution in [1.29, 1.82) is 0 Å². The number of aliphatic imine (C=N–C) groups is 2. The second-order valence-corrected chi connectivity index (χ2v) is 12.0. The van der Waals surface area contributed by atoms with Gasteiger partial charge >= 0.3 is 0 Å². The fraction of sp³-hybridized carbons (Fsp3) is 0.0476. The molecule has 0 fully saturated rings. The maximum Gasteiger partial charge on any atom is 0.223 e. The van der Waals surface area contributed by atoms with Gasteiger partial charge in [0.15, 0.2) is 0 Å². The minimum atomic E-state index is 0. The van der Waals surface area contributed by atoms with Gasteiger partial charge in [0.2, 0.25) is 11.8 Å². The first-order valence-corrected chi connectivity index (χ1v) is 16.5. The molecule has 10 nitrogen and oxygen atoms in total. The van der Waals surface area contributed by atoms with Crippen LogP contribution in [0.4, 0.5) is 11.4 Å². The number of para-hydroxylation sites is 2.